The second kappa shape index (κ2) is 9.30. The first-order valence-corrected chi connectivity index (χ1v) is 11.3. The molecule has 0 radical (unpaired) electrons. The molecule has 3 rings (SSSR count). The van der Waals surface area contributed by atoms with Gasteiger partial charge in [0.15, 0.2) is 11.5 Å². The number of ether oxygens (including phenoxy) is 3. The van der Waals surface area contributed by atoms with Crippen LogP contribution in [-0.2, 0) is 17.6 Å². The molecule has 1 amide bonds. The summed E-state index contributed by atoms with van der Waals surface area (Å²) in [6.45, 7) is 6.83. The van der Waals surface area contributed by atoms with Crippen LogP contribution >= 0.6 is 11.3 Å². The Morgan fingerprint density at radius 1 is 1.16 bits per heavy atom. The molecular formula is C24H31NO5S. The molecule has 0 spiro atoms. The molecule has 1 aromatic carbocycles. The standard InChI is InChI=1S/C24H31NO5S/c1-7-24(2,3)15-9-10-16-19(13-15)31-22(20(16)23(27)30-6)25-21(26)14-8-11-17(28-4)18(12-14)29-5/h8,11-12,15H,7,9-10,13H2,1-6H3,(H,25,26). The number of rotatable bonds is 7. The van der Waals surface area contributed by atoms with Gasteiger partial charge in [0.25, 0.3) is 5.91 Å². The average molecular weight is 446 g/mol. The summed E-state index contributed by atoms with van der Waals surface area (Å²) in [6.07, 6.45) is 3.86. The molecule has 1 N–H and O–H groups in total. The van der Waals surface area contributed by atoms with Gasteiger partial charge in [-0.3, -0.25) is 4.79 Å². The lowest BCUT2D eigenvalue weighted by Gasteiger charge is -2.36. The van der Waals surface area contributed by atoms with E-state index in [9.17, 15) is 9.59 Å². The minimum absolute atomic E-state index is 0.232. The minimum atomic E-state index is -0.409. The highest BCUT2D eigenvalue weighted by Crippen LogP contribution is 2.45. The second-order valence-electron chi connectivity index (χ2n) is 8.51. The Labute approximate surface area is 187 Å². The van der Waals surface area contributed by atoms with Gasteiger partial charge in [0.05, 0.1) is 26.9 Å². The third-order valence-corrected chi connectivity index (χ3v) is 7.71. The highest BCUT2D eigenvalue weighted by Gasteiger charge is 2.35. The van der Waals surface area contributed by atoms with Gasteiger partial charge < -0.3 is 19.5 Å². The summed E-state index contributed by atoms with van der Waals surface area (Å²) in [5.74, 6) is 0.843. The van der Waals surface area contributed by atoms with E-state index in [1.165, 1.54) is 30.4 Å². The van der Waals surface area contributed by atoms with Crippen molar-refractivity contribution < 1.29 is 23.8 Å². The van der Waals surface area contributed by atoms with Crippen LogP contribution in [0, 0.1) is 11.3 Å². The molecule has 0 aliphatic heterocycles. The van der Waals surface area contributed by atoms with Crippen LogP contribution in [0.2, 0.25) is 0 Å². The monoisotopic (exact) mass is 445 g/mol. The van der Waals surface area contributed by atoms with E-state index in [4.69, 9.17) is 14.2 Å². The summed E-state index contributed by atoms with van der Waals surface area (Å²) < 4.78 is 15.6. The quantitative estimate of drug-likeness (QED) is 0.582. The summed E-state index contributed by atoms with van der Waals surface area (Å²) in [6, 6.07) is 4.98. The Morgan fingerprint density at radius 3 is 2.48 bits per heavy atom. The normalized spacial score (nSPS) is 15.7. The van der Waals surface area contributed by atoms with Gasteiger partial charge in [-0.2, -0.15) is 0 Å². The number of methoxy groups -OCH3 is 3. The molecule has 0 fully saturated rings. The van der Waals surface area contributed by atoms with E-state index in [-0.39, 0.29) is 11.3 Å². The molecule has 0 saturated carbocycles. The number of benzene rings is 1. The predicted molar refractivity (Wildman–Crippen MR) is 123 cm³/mol. The number of carbonyl (C=O) groups excluding carboxylic acids is 2. The van der Waals surface area contributed by atoms with Crippen LogP contribution in [0.15, 0.2) is 18.2 Å². The fourth-order valence-electron chi connectivity index (χ4n) is 4.10. The Balaban J connectivity index is 1.93. The number of anilines is 1. The lowest BCUT2D eigenvalue weighted by atomic mass is 9.69. The van der Waals surface area contributed by atoms with Crippen LogP contribution in [0.25, 0.3) is 0 Å². The number of hydrogen-bond donors (Lipinski definition) is 1. The zero-order valence-electron chi connectivity index (χ0n) is 19.1. The van der Waals surface area contributed by atoms with Crippen molar-refractivity contribution in [2.24, 2.45) is 11.3 Å². The Kier molecular flexibility index (Phi) is 6.94. The van der Waals surface area contributed by atoms with Gasteiger partial charge in [-0.25, -0.2) is 4.79 Å². The molecule has 1 aliphatic carbocycles. The Bertz CT molecular complexity index is 979. The Hall–Kier alpha value is -2.54. The van der Waals surface area contributed by atoms with Crippen molar-refractivity contribution in [3.8, 4) is 11.5 Å². The topological polar surface area (TPSA) is 73.9 Å². The van der Waals surface area contributed by atoms with Crippen LogP contribution in [0.4, 0.5) is 5.00 Å². The van der Waals surface area contributed by atoms with Gasteiger partial charge in [-0.1, -0.05) is 27.2 Å². The molecule has 1 aromatic heterocycles. The number of amides is 1. The number of esters is 1. The van der Waals surface area contributed by atoms with Gasteiger partial charge in [0, 0.05) is 10.4 Å². The molecule has 0 bridgehead atoms. The predicted octanol–water partition coefficient (Wildman–Crippen LogP) is 5.35. The van der Waals surface area contributed by atoms with E-state index in [2.05, 4.69) is 26.1 Å². The van der Waals surface area contributed by atoms with Gasteiger partial charge in [0.1, 0.15) is 5.00 Å². The van der Waals surface area contributed by atoms with Crippen molar-refractivity contribution in [1.82, 2.24) is 0 Å². The highest BCUT2D eigenvalue weighted by atomic mass is 32.1. The fourth-order valence-corrected chi connectivity index (χ4v) is 5.41. The minimum Gasteiger partial charge on any atom is -0.493 e. The number of carbonyl (C=O) groups is 2. The first-order chi connectivity index (χ1) is 14.7. The van der Waals surface area contributed by atoms with Crippen molar-refractivity contribution in [3.63, 3.8) is 0 Å². The van der Waals surface area contributed by atoms with Crippen molar-refractivity contribution in [2.45, 2.75) is 46.5 Å². The van der Waals surface area contributed by atoms with Crippen LogP contribution in [-0.4, -0.2) is 33.2 Å². The van der Waals surface area contributed by atoms with Gasteiger partial charge in [0.2, 0.25) is 0 Å². The average Bonchev–Trinajstić information content (AvgIpc) is 3.14. The molecule has 1 unspecified atom stereocenters. The van der Waals surface area contributed by atoms with E-state index < -0.39 is 5.97 Å². The van der Waals surface area contributed by atoms with E-state index in [0.29, 0.717) is 33.5 Å². The lowest BCUT2D eigenvalue weighted by molar-refractivity contribution is 0.0600. The molecule has 31 heavy (non-hydrogen) atoms. The largest absolute Gasteiger partial charge is 0.493 e. The molecule has 2 aromatic rings. The maximum absolute atomic E-state index is 13.0. The first kappa shape index (κ1) is 23.1. The van der Waals surface area contributed by atoms with Crippen LogP contribution in [0.5, 0.6) is 11.5 Å². The molecule has 1 heterocycles. The molecular weight excluding hydrogens is 414 g/mol. The van der Waals surface area contributed by atoms with Gasteiger partial charge in [-0.15, -0.1) is 11.3 Å². The second-order valence-corrected chi connectivity index (χ2v) is 9.61. The summed E-state index contributed by atoms with van der Waals surface area (Å²) in [4.78, 5) is 26.7. The number of fused-ring (bicyclic) bond motifs is 1. The summed E-state index contributed by atoms with van der Waals surface area (Å²) >= 11 is 1.49. The van der Waals surface area contributed by atoms with Crippen molar-refractivity contribution in [1.29, 1.82) is 0 Å². The summed E-state index contributed by atoms with van der Waals surface area (Å²) in [7, 11) is 4.44. The molecule has 7 heteroatoms. The van der Waals surface area contributed by atoms with Gasteiger partial charge >= 0.3 is 5.97 Å². The maximum atomic E-state index is 13.0. The fraction of sp³-hybridized carbons (Fsp3) is 0.500. The van der Waals surface area contributed by atoms with Crippen LogP contribution in [0.1, 0.15) is 64.8 Å². The third-order valence-electron chi connectivity index (χ3n) is 6.54. The smallest absolute Gasteiger partial charge is 0.341 e. The van der Waals surface area contributed by atoms with Crippen molar-refractivity contribution in [2.75, 3.05) is 26.6 Å². The number of nitrogens with one attached hydrogen (secondary N) is 1. The maximum Gasteiger partial charge on any atom is 0.341 e. The molecule has 168 valence electrons. The van der Waals surface area contributed by atoms with Crippen molar-refractivity contribution in [3.05, 3.63) is 39.8 Å². The highest BCUT2D eigenvalue weighted by molar-refractivity contribution is 7.17. The third kappa shape index (κ3) is 4.56. The zero-order chi connectivity index (χ0) is 22.8. The SMILES string of the molecule is CCC(C)(C)C1CCc2c(sc(NC(=O)c3ccc(OC)c(OC)c3)c2C(=O)OC)C1. The summed E-state index contributed by atoms with van der Waals surface area (Å²) in [5, 5.41) is 3.49. The lowest BCUT2D eigenvalue weighted by Crippen LogP contribution is -2.28. The number of hydrogen-bond acceptors (Lipinski definition) is 6. The molecule has 1 atom stereocenters. The Morgan fingerprint density at radius 2 is 1.87 bits per heavy atom. The van der Waals surface area contributed by atoms with Crippen LogP contribution in [0.3, 0.4) is 0 Å². The van der Waals surface area contributed by atoms with E-state index in [1.807, 2.05) is 0 Å². The van der Waals surface area contributed by atoms with E-state index >= 15 is 0 Å². The van der Waals surface area contributed by atoms with Crippen molar-refractivity contribution >= 4 is 28.2 Å². The summed E-state index contributed by atoms with van der Waals surface area (Å²) in [5.41, 5.74) is 2.16. The number of thiophene rings is 1. The molecule has 1 aliphatic rings. The molecule has 0 saturated heterocycles. The van der Waals surface area contributed by atoms with E-state index in [1.54, 1.807) is 25.3 Å². The zero-order valence-corrected chi connectivity index (χ0v) is 19.9. The van der Waals surface area contributed by atoms with E-state index in [0.717, 1.165) is 31.2 Å². The van der Waals surface area contributed by atoms with Crippen LogP contribution < -0.4 is 14.8 Å². The molecule has 6 nitrogen and oxygen atoms in total. The van der Waals surface area contributed by atoms with Gasteiger partial charge in [-0.05, 0) is 54.4 Å². The first-order valence-electron chi connectivity index (χ1n) is 10.5.